The number of aliphatic carboxylic acids is 1. The zero-order chi connectivity index (χ0) is 14.1. The van der Waals surface area contributed by atoms with Crippen LogP contribution in [0.2, 0.25) is 0 Å². The minimum atomic E-state index is -0.715. The third kappa shape index (κ3) is 3.14. The Morgan fingerprint density at radius 1 is 1.45 bits per heavy atom. The van der Waals surface area contributed by atoms with Gasteiger partial charge in [-0.05, 0) is 38.0 Å². The van der Waals surface area contributed by atoms with Crippen molar-refractivity contribution >= 4 is 22.4 Å². The number of carboxylic acid groups (broad SMARTS) is 1. The lowest BCUT2D eigenvalue weighted by Gasteiger charge is -2.30. The zero-order valence-corrected chi connectivity index (χ0v) is 12.8. The second-order valence-electron chi connectivity index (χ2n) is 6.17. The van der Waals surface area contributed by atoms with Crippen molar-refractivity contribution in [1.82, 2.24) is 4.98 Å². The van der Waals surface area contributed by atoms with Crippen molar-refractivity contribution in [2.24, 2.45) is 5.92 Å². The predicted octanol–water partition coefficient (Wildman–Crippen LogP) is 3.27. The molecule has 1 aliphatic heterocycles. The van der Waals surface area contributed by atoms with Crippen LogP contribution in [0.1, 0.15) is 55.5 Å². The van der Waals surface area contributed by atoms with Gasteiger partial charge in [0.1, 0.15) is 0 Å². The Balaban J connectivity index is 1.77. The van der Waals surface area contributed by atoms with Crippen molar-refractivity contribution in [3.05, 3.63) is 10.6 Å². The van der Waals surface area contributed by atoms with Crippen LogP contribution in [0.3, 0.4) is 0 Å². The first kappa shape index (κ1) is 13.9. The molecule has 1 N–H and O–H groups in total. The van der Waals surface area contributed by atoms with E-state index in [4.69, 9.17) is 10.1 Å². The Hall–Kier alpha value is -1.10. The van der Waals surface area contributed by atoms with Gasteiger partial charge in [0, 0.05) is 23.9 Å². The largest absolute Gasteiger partial charge is 0.481 e. The van der Waals surface area contributed by atoms with Crippen LogP contribution in [0.25, 0.3) is 0 Å². The van der Waals surface area contributed by atoms with Crippen LogP contribution >= 0.6 is 11.3 Å². The molecule has 1 atom stereocenters. The van der Waals surface area contributed by atoms with Gasteiger partial charge in [0.25, 0.3) is 0 Å². The van der Waals surface area contributed by atoms with Crippen molar-refractivity contribution in [2.45, 2.75) is 51.4 Å². The first-order valence-electron chi connectivity index (χ1n) is 7.60. The van der Waals surface area contributed by atoms with Gasteiger partial charge in [-0.3, -0.25) is 4.79 Å². The minimum Gasteiger partial charge on any atom is -0.481 e. The number of hydrogen-bond donors (Lipinski definition) is 1. The highest BCUT2D eigenvalue weighted by Gasteiger charge is 2.31. The molecule has 20 heavy (non-hydrogen) atoms. The second-order valence-corrected chi connectivity index (χ2v) is 7.23. The molecule has 0 radical (unpaired) electrons. The lowest BCUT2D eigenvalue weighted by atomic mass is 10.0. The van der Waals surface area contributed by atoms with Crippen LogP contribution in [-0.4, -0.2) is 29.1 Å². The summed E-state index contributed by atoms with van der Waals surface area (Å²) in [5.41, 5.74) is 1.20. The van der Waals surface area contributed by atoms with Crippen molar-refractivity contribution < 1.29 is 9.90 Å². The van der Waals surface area contributed by atoms with E-state index in [-0.39, 0.29) is 6.42 Å². The number of piperidine rings is 1. The monoisotopic (exact) mass is 294 g/mol. The van der Waals surface area contributed by atoms with Crippen LogP contribution in [-0.2, 0) is 11.2 Å². The lowest BCUT2D eigenvalue weighted by molar-refractivity contribution is -0.136. The number of carbonyl (C=O) groups is 1. The van der Waals surface area contributed by atoms with E-state index < -0.39 is 5.97 Å². The maximum Gasteiger partial charge on any atom is 0.303 e. The molecule has 1 aromatic rings. The average Bonchev–Trinajstić information content (AvgIpc) is 3.16. The summed E-state index contributed by atoms with van der Waals surface area (Å²) >= 11 is 1.73. The first-order chi connectivity index (χ1) is 9.63. The Bertz CT molecular complexity index is 496. The summed E-state index contributed by atoms with van der Waals surface area (Å²) in [6.45, 7) is 4.49. The van der Waals surface area contributed by atoms with Gasteiger partial charge < -0.3 is 10.0 Å². The highest BCUT2D eigenvalue weighted by atomic mass is 32.1. The summed E-state index contributed by atoms with van der Waals surface area (Å²) in [5, 5.41) is 10.0. The van der Waals surface area contributed by atoms with Crippen molar-refractivity contribution in [2.75, 3.05) is 18.0 Å². The number of anilines is 1. The van der Waals surface area contributed by atoms with Crippen LogP contribution in [0.4, 0.5) is 5.13 Å². The molecule has 110 valence electrons. The third-order valence-corrected chi connectivity index (χ3v) is 5.37. The molecule has 0 spiro atoms. The quantitative estimate of drug-likeness (QED) is 0.905. The number of thiazole rings is 1. The van der Waals surface area contributed by atoms with Crippen LogP contribution in [0.5, 0.6) is 0 Å². The van der Waals surface area contributed by atoms with E-state index in [1.807, 2.05) is 0 Å². The van der Waals surface area contributed by atoms with Crippen LogP contribution < -0.4 is 4.90 Å². The maximum absolute atomic E-state index is 10.8. The summed E-state index contributed by atoms with van der Waals surface area (Å²) in [7, 11) is 0. The molecule has 1 unspecified atom stereocenters. The van der Waals surface area contributed by atoms with E-state index in [9.17, 15) is 4.79 Å². The average molecular weight is 294 g/mol. The Morgan fingerprint density at radius 2 is 2.25 bits per heavy atom. The van der Waals surface area contributed by atoms with Gasteiger partial charge in [-0.2, -0.15) is 0 Å². The molecule has 1 aliphatic carbocycles. The normalized spacial score (nSPS) is 23.1. The fraction of sp³-hybridized carbons (Fsp3) is 0.733. The molecule has 1 saturated heterocycles. The van der Waals surface area contributed by atoms with E-state index in [1.165, 1.54) is 36.3 Å². The van der Waals surface area contributed by atoms with Crippen molar-refractivity contribution in [3.63, 3.8) is 0 Å². The number of aromatic nitrogens is 1. The summed E-state index contributed by atoms with van der Waals surface area (Å²) < 4.78 is 0. The van der Waals surface area contributed by atoms with Gasteiger partial charge >= 0.3 is 5.97 Å². The van der Waals surface area contributed by atoms with Gasteiger partial charge in [0.2, 0.25) is 0 Å². The van der Waals surface area contributed by atoms with E-state index in [2.05, 4.69) is 11.8 Å². The van der Waals surface area contributed by atoms with Crippen molar-refractivity contribution in [3.8, 4) is 0 Å². The molecular formula is C15H22N2O2S. The fourth-order valence-electron chi connectivity index (χ4n) is 2.92. The summed E-state index contributed by atoms with van der Waals surface area (Å²) in [4.78, 5) is 19.3. The molecule has 0 bridgehead atoms. The molecule has 2 fully saturated rings. The van der Waals surface area contributed by atoms with Crippen LogP contribution in [0.15, 0.2) is 0 Å². The molecule has 5 heteroatoms. The summed E-state index contributed by atoms with van der Waals surface area (Å²) in [6, 6.07) is 0. The molecule has 0 aromatic carbocycles. The Morgan fingerprint density at radius 3 is 2.90 bits per heavy atom. The van der Waals surface area contributed by atoms with Gasteiger partial charge in [-0.15, -0.1) is 11.3 Å². The zero-order valence-electron chi connectivity index (χ0n) is 12.0. The minimum absolute atomic E-state index is 0.220. The summed E-state index contributed by atoms with van der Waals surface area (Å²) in [6.07, 6.45) is 5.85. The van der Waals surface area contributed by atoms with Crippen LogP contribution in [0, 0.1) is 5.92 Å². The van der Waals surface area contributed by atoms with Crippen molar-refractivity contribution in [1.29, 1.82) is 0 Å². The van der Waals surface area contributed by atoms with E-state index in [1.54, 1.807) is 11.3 Å². The number of aryl methyl sites for hydroxylation is 1. The molecule has 1 saturated carbocycles. The molecular weight excluding hydrogens is 272 g/mol. The number of nitrogens with zero attached hydrogens (tertiary/aromatic N) is 2. The third-order valence-electron chi connectivity index (χ3n) is 4.17. The smallest absolute Gasteiger partial charge is 0.303 e. The lowest BCUT2D eigenvalue weighted by Crippen LogP contribution is -2.34. The highest BCUT2D eigenvalue weighted by molar-refractivity contribution is 7.15. The fourth-order valence-corrected chi connectivity index (χ4v) is 4.10. The summed E-state index contributed by atoms with van der Waals surface area (Å²) in [5.74, 6) is 0.624. The topological polar surface area (TPSA) is 53.4 Å². The van der Waals surface area contributed by atoms with E-state index >= 15 is 0 Å². The standard InChI is InChI=1S/C15H22N2O2S/c1-10-3-2-8-17(9-10)15-16-14(11-4-5-11)12(20-15)6-7-13(18)19/h10-11H,2-9H2,1H3,(H,18,19). The first-order valence-corrected chi connectivity index (χ1v) is 8.41. The van der Waals surface area contributed by atoms with Gasteiger partial charge in [-0.1, -0.05) is 6.92 Å². The van der Waals surface area contributed by atoms with E-state index in [0.717, 1.165) is 24.1 Å². The Labute approximate surface area is 123 Å². The van der Waals surface area contributed by atoms with Gasteiger partial charge in [0.15, 0.2) is 5.13 Å². The van der Waals surface area contributed by atoms with E-state index in [0.29, 0.717) is 12.3 Å². The second kappa shape index (κ2) is 5.72. The number of rotatable bonds is 5. The Kier molecular flexibility index (Phi) is 3.96. The number of hydrogen-bond acceptors (Lipinski definition) is 4. The van der Waals surface area contributed by atoms with Gasteiger partial charge in [-0.25, -0.2) is 4.98 Å². The molecule has 4 nitrogen and oxygen atoms in total. The SMILES string of the molecule is CC1CCCN(c2nc(C3CC3)c(CCC(=O)O)s2)C1. The maximum atomic E-state index is 10.8. The van der Waals surface area contributed by atoms with Gasteiger partial charge in [0.05, 0.1) is 12.1 Å². The highest BCUT2D eigenvalue weighted by Crippen LogP contribution is 2.44. The molecule has 0 amide bonds. The predicted molar refractivity (Wildman–Crippen MR) is 80.7 cm³/mol. The molecule has 2 aliphatic rings. The molecule has 3 rings (SSSR count). The molecule has 2 heterocycles. The number of carboxylic acids is 1. The molecule has 1 aromatic heterocycles.